The van der Waals surface area contributed by atoms with Crippen LogP contribution in [0.3, 0.4) is 0 Å². The van der Waals surface area contributed by atoms with Gasteiger partial charge in [0.25, 0.3) is 0 Å². The Morgan fingerprint density at radius 3 is 1.75 bits per heavy atom. The van der Waals surface area contributed by atoms with E-state index in [0.29, 0.717) is 25.3 Å². The fourth-order valence-corrected chi connectivity index (χ4v) is 1.82. The molecule has 0 heterocycles. The van der Waals surface area contributed by atoms with Crippen molar-refractivity contribution in [2.24, 2.45) is 21.9 Å². The summed E-state index contributed by atoms with van der Waals surface area (Å²) in [7, 11) is 0. The van der Waals surface area contributed by atoms with Gasteiger partial charge in [0.1, 0.15) is 6.21 Å². The Hall–Kier alpha value is -2.73. The van der Waals surface area contributed by atoms with Crippen molar-refractivity contribution in [1.82, 2.24) is 10.9 Å². The minimum Gasteiger partial charge on any atom is -0.462 e. The monoisotopic (exact) mass is 535 g/mol. The van der Waals surface area contributed by atoms with Crippen molar-refractivity contribution in [2.75, 3.05) is 26.4 Å². The zero-order valence-corrected chi connectivity index (χ0v) is 21.4. The summed E-state index contributed by atoms with van der Waals surface area (Å²) in [5.74, 6) is -0.856. The minimum absolute atomic E-state index is 0. The van der Waals surface area contributed by atoms with Gasteiger partial charge in [-0.25, -0.2) is 14.4 Å². The number of hydrogen-bond donors (Lipinski definition) is 3. The Balaban J connectivity index is 0. The predicted octanol–water partition coefficient (Wildman–Crippen LogP) is 1.88. The van der Waals surface area contributed by atoms with Gasteiger partial charge in [0, 0.05) is 12.1 Å². The number of nitrogens with two attached hydrogens (primary N) is 1. The first kappa shape index (κ1) is 35.4. The predicted molar refractivity (Wildman–Crippen MR) is 139 cm³/mol. The van der Waals surface area contributed by atoms with Crippen molar-refractivity contribution < 1.29 is 33.4 Å². The quantitative estimate of drug-likeness (QED) is 0.0885. The number of nitrogens with zero attached hydrogens (tertiary/aromatic N) is 2. The van der Waals surface area contributed by atoms with Crippen molar-refractivity contribution in [3.05, 3.63) is 0 Å². The molecule has 3 rings (SSSR count). The Kier molecular flexibility index (Phi) is 22.4. The molecular weight excluding hydrogens is 494 g/mol. The van der Waals surface area contributed by atoms with E-state index in [1.807, 2.05) is 0 Å². The third-order valence-electron chi connectivity index (χ3n) is 4.07. The van der Waals surface area contributed by atoms with Crippen LogP contribution in [-0.2, 0) is 33.4 Å². The van der Waals surface area contributed by atoms with Crippen molar-refractivity contribution in [2.45, 2.75) is 78.8 Å². The van der Waals surface area contributed by atoms with E-state index in [-0.39, 0.29) is 31.5 Å². The van der Waals surface area contributed by atoms with Gasteiger partial charge in [0.05, 0.1) is 19.8 Å². The van der Waals surface area contributed by atoms with Gasteiger partial charge in [-0.05, 0) is 71.8 Å². The number of halogens is 1. The molecule has 0 bridgehead atoms. The molecule has 0 aromatic heterocycles. The van der Waals surface area contributed by atoms with Crippen molar-refractivity contribution in [3.63, 3.8) is 0 Å². The molecule has 0 saturated heterocycles. The number of carbonyl (C=O) groups is 4. The van der Waals surface area contributed by atoms with E-state index in [4.69, 9.17) is 17.3 Å². The van der Waals surface area contributed by atoms with Gasteiger partial charge in [0.15, 0.2) is 0 Å². The lowest BCUT2D eigenvalue weighted by atomic mass is 10.5. The smallest absolute Gasteiger partial charge is 0.371 e. The Bertz CT molecular complexity index is 694. The Morgan fingerprint density at radius 1 is 0.889 bits per heavy atom. The molecule has 3 aliphatic carbocycles. The van der Waals surface area contributed by atoms with E-state index >= 15 is 0 Å². The van der Waals surface area contributed by atoms with Crippen LogP contribution in [0.15, 0.2) is 10.2 Å². The van der Waals surface area contributed by atoms with E-state index in [9.17, 15) is 19.2 Å². The number of nitrogens with one attached hydrogen (secondary N) is 2. The topological polar surface area (TPSA) is 171 Å². The molecule has 3 aliphatic rings. The third kappa shape index (κ3) is 24.4. The van der Waals surface area contributed by atoms with Crippen molar-refractivity contribution in [3.8, 4) is 0 Å². The van der Waals surface area contributed by atoms with Crippen LogP contribution in [0.5, 0.6) is 0 Å². The summed E-state index contributed by atoms with van der Waals surface area (Å²) in [5.41, 5.74) is 10.8. The normalized spacial score (nSPS) is 15.6. The number of hydrazone groups is 2. The first-order valence-electron chi connectivity index (χ1n) is 11.7. The standard InChI is InChI=1S/C7H11ClN2O2.C7H12N2O2.C4H9N.C4H6O3.CH4/c1-2-12-7(11)6(8)10-9-5-3-4-5;1-2-11-7(10)5-8-9-6-3-4-6;5-3-4-1-2-4;1-2-7-4(6)3-5;/h5,9H,2-4H2,1H3;5-6,9H,2-4H2,1H3;4H,1-3,5H2;3H,2H2,1H3;1H4/b10-6-;8-5+;;;. The Morgan fingerprint density at radius 2 is 1.39 bits per heavy atom. The third-order valence-corrected chi connectivity index (χ3v) is 4.31. The van der Waals surface area contributed by atoms with Crippen LogP contribution in [0.1, 0.15) is 66.7 Å². The minimum atomic E-state index is -0.803. The number of aldehydes is 1. The molecule has 208 valence electrons. The second-order valence-electron chi connectivity index (χ2n) is 7.49. The molecule has 0 aliphatic heterocycles. The van der Waals surface area contributed by atoms with E-state index in [2.05, 4.69) is 35.3 Å². The summed E-state index contributed by atoms with van der Waals surface area (Å²) < 4.78 is 13.4. The summed E-state index contributed by atoms with van der Waals surface area (Å²) >= 11 is 5.49. The number of hydrogen-bond acceptors (Lipinski definition) is 12. The summed E-state index contributed by atoms with van der Waals surface area (Å²) in [4.78, 5) is 40.7. The van der Waals surface area contributed by atoms with Crippen LogP contribution >= 0.6 is 11.6 Å². The number of carbonyl (C=O) groups excluding carboxylic acids is 4. The number of esters is 3. The van der Waals surface area contributed by atoms with Gasteiger partial charge in [-0.3, -0.25) is 4.79 Å². The zero-order valence-electron chi connectivity index (χ0n) is 20.7. The van der Waals surface area contributed by atoms with Crippen LogP contribution in [0.2, 0.25) is 0 Å². The lowest BCUT2D eigenvalue weighted by Gasteiger charge is -1.99. The van der Waals surface area contributed by atoms with Gasteiger partial charge in [-0.2, -0.15) is 10.2 Å². The molecule has 36 heavy (non-hydrogen) atoms. The second kappa shape index (κ2) is 22.7. The van der Waals surface area contributed by atoms with Crippen LogP contribution in [0.25, 0.3) is 0 Å². The highest BCUT2D eigenvalue weighted by atomic mass is 35.5. The maximum Gasteiger partial charge on any atom is 0.371 e. The van der Waals surface area contributed by atoms with Crippen molar-refractivity contribution in [1.29, 1.82) is 0 Å². The van der Waals surface area contributed by atoms with Gasteiger partial charge < -0.3 is 30.8 Å². The molecule has 3 fully saturated rings. The highest BCUT2D eigenvalue weighted by Gasteiger charge is 2.21. The molecule has 0 unspecified atom stereocenters. The first-order valence-corrected chi connectivity index (χ1v) is 12.1. The fraction of sp³-hybridized carbons (Fsp3) is 0.739. The average molecular weight is 536 g/mol. The summed E-state index contributed by atoms with van der Waals surface area (Å²) in [6.07, 6.45) is 8.58. The molecule has 0 atom stereocenters. The Labute approximate surface area is 218 Å². The molecule has 0 aromatic rings. The number of rotatable bonds is 11. The maximum absolute atomic E-state index is 10.9. The highest BCUT2D eigenvalue weighted by Crippen LogP contribution is 2.26. The molecule has 3 saturated carbocycles. The van der Waals surface area contributed by atoms with E-state index in [1.54, 1.807) is 20.8 Å². The molecule has 12 nitrogen and oxygen atoms in total. The first-order chi connectivity index (χ1) is 16.8. The van der Waals surface area contributed by atoms with E-state index in [1.165, 1.54) is 19.1 Å². The number of ether oxygens (including phenoxy) is 3. The highest BCUT2D eigenvalue weighted by molar-refractivity contribution is 6.81. The lowest BCUT2D eigenvalue weighted by Crippen LogP contribution is -2.17. The van der Waals surface area contributed by atoms with Gasteiger partial charge in [0.2, 0.25) is 11.5 Å². The van der Waals surface area contributed by atoms with Gasteiger partial charge in [-0.15, -0.1) is 0 Å². The van der Waals surface area contributed by atoms with Gasteiger partial charge >= 0.3 is 17.9 Å². The fourth-order valence-electron chi connectivity index (χ4n) is 1.71. The molecule has 0 aromatic carbocycles. The van der Waals surface area contributed by atoms with Crippen LogP contribution in [0, 0.1) is 5.92 Å². The SMILES string of the molecule is C.CCOC(=O)/C(Cl)=N/NC1CC1.CCOC(=O)/C=N/NC1CC1.CCOC(=O)C=O.NCC1CC1. The zero-order chi connectivity index (χ0) is 26.5. The van der Waals surface area contributed by atoms with E-state index < -0.39 is 11.9 Å². The van der Waals surface area contributed by atoms with Gasteiger partial charge in [-0.1, -0.05) is 19.0 Å². The summed E-state index contributed by atoms with van der Waals surface area (Å²) in [6, 6.07) is 0.883. The van der Waals surface area contributed by atoms with E-state index in [0.717, 1.165) is 38.1 Å². The maximum atomic E-state index is 10.9. The average Bonchev–Trinajstić information content (AvgIpc) is 3.70. The van der Waals surface area contributed by atoms with Crippen molar-refractivity contribution >= 4 is 47.2 Å². The second-order valence-corrected chi connectivity index (χ2v) is 7.85. The molecular formula is C23H42ClN5O7. The lowest BCUT2D eigenvalue weighted by molar-refractivity contribution is -0.148. The summed E-state index contributed by atoms with van der Waals surface area (Å²) in [6.45, 7) is 7.01. The molecule has 4 N–H and O–H groups in total. The van der Waals surface area contributed by atoms with Crippen LogP contribution in [0.4, 0.5) is 0 Å². The molecule has 0 radical (unpaired) electrons. The largest absolute Gasteiger partial charge is 0.462 e. The molecule has 0 amide bonds. The summed E-state index contributed by atoms with van der Waals surface area (Å²) in [5, 5.41) is 7.23. The molecule has 0 spiro atoms. The van der Waals surface area contributed by atoms with Crippen LogP contribution < -0.4 is 16.6 Å². The molecule has 13 heteroatoms. The van der Waals surface area contributed by atoms with Crippen LogP contribution in [-0.4, -0.2) is 74.0 Å².